The van der Waals surface area contributed by atoms with E-state index in [0.717, 1.165) is 30.9 Å². The molecule has 7 heteroatoms. The Morgan fingerprint density at radius 3 is 2.11 bits per heavy atom. The molecule has 1 heterocycles. The molecule has 0 radical (unpaired) electrons. The summed E-state index contributed by atoms with van der Waals surface area (Å²) in [5.74, 6) is 1.67. The Labute approximate surface area is 164 Å². The first-order chi connectivity index (χ1) is 13.5. The average Bonchev–Trinajstić information content (AvgIpc) is 2.74. The molecule has 1 N–H and O–H groups in total. The minimum atomic E-state index is -0.338. The van der Waals surface area contributed by atoms with Crippen LogP contribution < -0.4 is 19.1 Å². The molecule has 28 heavy (non-hydrogen) atoms. The van der Waals surface area contributed by atoms with E-state index in [2.05, 4.69) is 0 Å². The number of halogens is 1. The lowest BCUT2D eigenvalue weighted by molar-refractivity contribution is -0.917. The number of nitrogens with one attached hydrogen (secondary N) is 1. The van der Waals surface area contributed by atoms with E-state index in [4.69, 9.17) is 14.2 Å². The molecular formula is C21H26FN2O4+. The molecule has 0 aromatic heterocycles. The maximum Gasteiger partial charge on any atom is 0.254 e. The molecule has 0 bridgehead atoms. The molecule has 0 saturated carbocycles. The van der Waals surface area contributed by atoms with Crippen LogP contribution in [0.1, 0.15) is 15.9 Å². The number of hydrogen-bond donors (Lipinski definition) is 1. The van der Waals surface area contributed by atoms with Gasteiger partial charge in [-0.15, -0.1) is 0 Å². The number of carbonyl (C=O) groups is 1. The molecule has 6 nitrogen and oxygen atoms in total. The number of carbonyl (C=O) groups excluding carboxylic acids is 1. The average molecular weight is 389 g/mol. The van der Waals surface area contributed by atoms with E-state index in [1.807, 2.05) is 17.0 Å². The van der Waals surface area contributed by atoms with Gasteiger partial charge in [0.2, 0.25) is 0 Å². The molecule has 0 spiro atoms. The lowest BCUT2D eigenvalue weighted by atomic mass is 10.1. The Balaban J connectivity index is 1.64. The quantitative estimate of drug-likeness (QED) is 0.811. The van der Waals surface area contributed by atoms with Crippen LogP contribution in [0.3, 0.4) is 0 Å². The number of hydrogen-bond acceptors (Lipinski definition) is 4. The van der Waals surface area contributed by atoms with Gasteiger partial charge in [-0.3, -0.25) is 4.79 Å². The van der Waals surface area contributed by atoms with Crippen LogP contribution in [-0.2, 0) is 6.54 Å². The second-order valence-corrected chi connectivity index (χ2v) is 6.74. The summed E-state index contributed by atoms with van der Waals surface area (Å²) in [4.78, 5) is 15.8. The third kappa shape index (κ3) is 4.36. The van der Waals surface area contributed by atoms with Crippen molar-refractivity contribution in [2.45, 2.75) is 6.54 Å². The van der Waals surface area contributed by atoms with Crippen LogP contribution in [0, 0.1) is 5.82 Å². The highest BCUT2D eigenvalue weighted by Gasteiger charge is 2.26. The number of rotatable bonds is 6. The number of ether oxygens (including phenoxy) is 3. The van der Waals surface area contributed by atoms with Gasteiger partial charge >= 0.3 is 0 Å². The predicted molar refractivity (Wildman–Crippen MR) is 103 cm³/mol. The monoisotopic (exact) mass is 389 g/mol. The highest BCUT2D eigenvalue weighted by molar-refractivity contribution is 5.94. The highest BCUT2D eigenvalue weighted by atomic mass is 19.1. The van der Waals surface area contributed by atoms with Crippen molar-refractivity contribution in [2.75, 3.05) is 47.5 Å². The zero-order valence-electron chi connectivity index (χ0n) is 16.5. The molecule has 1 aliphatic rings. The van der Waals surface area contributed by atoms with Crippen LogP contribution in [0.4, 0.5) is 4.39 Å². The lowest BCUT2D eigenvalue weighted by Crippen LogP contribution is -3.13. The van der Waals surface area contributed by atoms with E-state index in [1.54, 1.807) is 21.3 Å². The molecule has 0 atom stereocenters. The summed E-state index contributed by atoms with van der Waals surface area (Å²) in [6.07, 6.45) is 0. The Morgan fingerprint density at radius 2 is 1.54 bits per heavy atom. The largest absolute Gasteiger partial charge is 0.496 e. The summed E-state index contributed by atoms with van der Waals surface area (Å²) in [6.45, 7) is 3.72. The molecular weight excluding hydrogens is 363 g/mol. The molecule has 1 aliphatic heterocycles. The Bertz CT molecular complexity index is 818. The van der Waals surface area contributed by atoms with Gasteiger partial charge in [0, 0.05) is 11.6 Å². The summed E-state index contributed by atoms with van der Waals surface area (Å²) in [5.41, 5.74) is 1.56. The predicted octanol–water partition coefficient (Wildman–Crippen LogP) is 1.39. The molecule has 0 unspecified atom stereocenters. The van der Waals surface area contributed by atoms with Crippen LogP contribution in [0.25, 0.3) is 0 Å². The van der Waals surface area contributed by atoms with Gasteiger partial charge in [-0.05, 0) is 30.3 Å². The minimum Gasteiger partial charge on any atom is -0.496 e. The highest BCUT2D eigenvalue weighted by Crippen LogP contribution is 2.34. The van der Waals surface area contributed by atoms with Crippen molar-refractivity contribution in [1.29, 1.82) is 0 Å². The summed E-state index contributed by atoms with van der Waals surface area (Å²) >= 11 is 0. The maximum absolute atomic E-state index is 13.1. The van der Waals surface area contributed by atoms with Crippen LogP contribution in [-0.4, -0.2) is 58.3 Å². The van der Waals surface area contributed by atoms with E-state index in [-0.39, 0.29) is 11.7 Å². The van der Waals surface area contributed by atoms with Crippen molar-refractivity contribution in [3.8, 4) is 17.2 Å². The van der Waals surface area contributed by atoms with Gasteiger partial charge in [0.15, 0.2) is 11.5 Å². The van der Waals surface area contributed by atoms with Crippen molar-refractivity contribution in [3.05, 3.63) is 53.3 Å². The SMILES string of the molecule is COc1cc(OC)c(OC)cc1C[NH+]1CCN(C(=O)c2ccc(F)cc2)CC1. The van der Waals surface area contributed by atoms with Gasteiger partial charge in [0.1, 0.15) is 18.1 Å². The second-order valence-electron chi connectivity index (χ2n) is 6.74. The van der Waals surface area contributed by atoms with E-state index in [9.17, 15) is 9.18 Å². The molecule has 1 fully saturated rings. The number of piperazine rings is 1. The number of methoxy groups -OCH3 is 3. The van der Waals surface area contributed by atoms with Crippen molar-refractivity contribution in [1.82, 2.24) is 4.90 Å². The van der Waals surface area contributed by atoms with Gasteiger partial charge < -0.3 is 24.0 Å². The van der Waals surface area contributed by atoms with Gasteiger partial charge in [-0.2, -0.15) is 0 Å². The fourth-order valence-corrected chi connectivity index (χ4v) is 3.48. The summed E-state index contributed by atoms with van der Waals surface area (Å²) in [5, 5.41) is 0. The van der Waals surface area contributed by atoms with Crippen LogP contribution in [0.2, 0.25) is 0 Å². The fraction of sp³-hybridized carbons (Fsp3) is 0.381. The van der Waals surface area contributed by atoms with Crippen molar-refractivity contribution in [3.63, 3.8) is 0 Å². The van der Waals surface area contributed by atoms with E-state index >= 15 is 0 Å². The standard InChI is InChI=1S/C21H25FN2O4/c1-26-18-13-20(28-3)19(27-2)12-16(18)14-23-8-10-24(11-9-23)21(25)15-4-6-17(22)7-5-15/h4-7,12-13H,8-11,14H2,1-3H3/p+1. The molecule has 3 rings (SSSR count). The van der Waals surface area contributed by atoms with Gasteiger partial charge in [0.05, 0.1) is 53.1 Å². The topological polar surface area (TPSA) is 52.4 Å². The summed E-state index contributed by atoms with van der Waals surface area (Å²) in [7, 11) is 4.85. The first-order valence-corrected chi connectivity index (χ1v) is 9.23. The third-order valence-corrected chi connectivity index (χ3v) is 5.08. The zero-order valence-corrected chi connectivity index (χ0v) is 16.5. The van der Waals surface area contributed by atoms with Gasteiger partial charge in [-0.25, -0.2) is 4.39 Å². The lowest BCUT2D eigenvalue weighted by Gasteiger charge is -2.32. The van der Waals surface area contributed by atoms with Crippen molar-refractivity contribution >= 4 is 5.91 Å². The molecule has 2 aromatic carbocycles. The zero-order chi connectivity index (χ0) is 20.1. The molecule has 150 valence electrons. The maximum atomic E-state index is 13.1. The Morgan fingerprint density at radius 1 is 0.964 bits per heavy atom. The van der Waals surface area contributed by atoms with Crippen molar-refractivity contribution < 1.29 is 28.3 Å². The Kier molecular flexibility index (Phi) is 6.36. The number of quaternary nitrogens is 1. The molecule has 1 saturated heterocycles. The summed E-state index contributed by atoms with van der Waals surface area (Å²) < 4.78 is 29.3. The first-order valence-electron chi connectivity index (χ1n) is 9.23. The van der Waals surface area contributed by atoms with Gasteiger partial charge in [0.25, 0.3) is 5.91 Å². The summed E-state index contributed by atoms with van der Waals surface area (Å²) in [6, 6.07) is 9.48. The van der Waals surface area contributed by atoms with E-state index < -0.39 is 0 Å². The van der Waals surface area contributed by atoms with E-state index in [0.29, 0.717) is 30.2 Å². The normalized spacial score (nSPS) is 14.6. The van der Waals surface area contributed by atoms with Crippen LogP contribution in [0.15, 0.2) is 36.4 Å². The smallest absolute Gasteiger partial charge is 0.254 e. The molecule has 2 aromatic rings. The van der Waals surface area contributed by atoms with Crippen LogP contribution in [0.5, 0.6) is 17.2 Å². The first kappa shape index (κ1) is 19.9. The number of benzene rings is 2. The third-order valence-electron chi connectivity index (χ3n) is 5.08. The van der Waals surface area contributed by atoms with Crippen LogP contribution >= 0.6 is 0 Å². The van der Waals surface area contributed by atoms with Crippen molar-refractivity contribution in [2.24, 2.45) is 0 Å². The number of nitrogens with zero attached hydrogens (tertiary/aromatic N) is 1. The fourth-order valence-electron chi connectivity index (χ4n) is 3.48. The minimum absolute atomic E-state index is 0.0530. The Hall–Kier alpha value is -2.80. The van der Waals surface area contributed by atoms with E-state index in [1.165, 1.54) is 29.2 Å². The second kappa shape index (κ2) is 8.93. The molecule has 0 aliphatic carbocycles. The molecule has 1 amide bonds. The number of amides is 1. The van der Waals surface area contributed by atoms with Gasteiger partial charge in [-0.1, -0.05) is 0 Å².